The largest absolute Gasteiger partial charge is 0.355 e. The fourth-order valence-electron chi connectivity index (χ4n) is 5.00. The van der Waals surface area contributed by atoms with E-state index in [0.29, 0.717) is 17.5 Å². The van der Waals surface area contributed by atoms with Gasteiger partial charge >= 0.3 is 0 Å². The molecule has 4 heterocycles. The van der Waals surface area contributed by atoms with Crippen LogP contribution in [0.3, 0.4) is 0 Å². The standard InChI is InChI=1S/C22H32N6O/c1-25-12-14-27(15-13-25)22(29)19-5-3-9-28(17-19)20-6-10-26(11-7-20)21-18(16-23)4-2-8-24-21/h2,4,8,19-20H,3,5-7,9-15,17H2,1H3. The van der Waals surface area contributed by atoms with Gasteiger partial charge in [0.05, 0.1) is 11.5 Å². The summed E-state index contributed by atoms with van der Waals surface area (Å²) in [4.78, 5) is 26.6. The highest BCUT2D eigenvalue weighted by molar-refractivity contribution is 5.79. The maximum Gasteiger partial charge on any atom is 0.227 e. The average molecular weight is 397 g/mol. The molecule has 0 spiro atoms. The van der Waals surface area contributed by atoms with Crippen LogP contribution in [0.15, 0.2) is 18.3 Å². The number of likely N-dealkylation sites (tertiary alicyclic amines) is 1. The molecule has 3 aliphatic rings. The molecular weight excluding hydrogens is 364 g/mol. The maximum atomic E-state index is 13.0. The van der Waals surface area contributed by atoms with Crippen LogP contribution >= 0.6 is 0 Å². The summed E-state index contributed by atoms with van der Waals surface area (Å²) in [6.45, 7) is 7.56. The van der Waals surface area contributed by atoms with Gasteiger partial charge in [-0.2, -0.15) is 5.26 Å². The lowest BCUT2D eigenvalue weighted by Gasteiger charge is -2.43. The van der Waals surface area contributed by atoms with Crippen molar-refractivity contribution >= 4 is 11.7 Å². The van der Waals surface area contributed by atoms with Gasteiger partial charge in [-0.05, 0) is 51.4 Å². The second-order valence-electron chi connectivity index (χ2n) is 8.67. The SMILES string of the molecule is CN1CCN(C(=O)C2CCCN(C3CCN(c4ncccc4C#N)CC3)C2)CC1. The van der Waals surface area contributed by atoms with E-state index in [1.54, 1.807) is 6.20 Å². The third-order valence-corrected chi connectivity index (χ3v) is 6.80. The van der Waals surface area contributed by atoms with Crippen LogP contribution in [0.25, 0.3) is 0 Å². The lowest BCUT2D eigenvalue weighted by molar-refractivity contribution is -0.139. The van der Waals surface area contributed by atoms with E-state index in [4.69, 9.17) is 0 Å². The predicted molar refractivity (Wildman–Crippen MR) is 113 cm³/mol. The number of piperidine rings is 2. The molecule has 1 atom stereocenters. The number of nitriles is 1. The highest BCUT2D eigenvalue weighted by atomic mass is 16.2. The molecule has 1 unspecified atom stereocenters. The van der Waals surface area contributed by atoms with Crippen LogP contribution in [0.2, 0.25) is 0 Å². The molecule has 4 rings (SSSR count). The summed E-state index contributed by atoms with van der Waals surface area (Å²) >= 11 is 0. The number of piperazine rings is 1. The number of anilines is 1. The second-order valence-corrected chi connectivity index (χ2v) is 8.67. The Morgan fingerprint density at radius 1 is 1.10 bits per heavy atom. The minimum atomic E-state index is 0.158. The molecule has 3 fully saturated rings. The molecule has 156 valence electrons. The molecule has 3 aliphatic heterocycles. The molecule has 0 aliphatic carbocycles. The minimum Gasteiger partial charge on any atom is -0.355 e. The van der Waals surface area contributed by atoms with E-state index in [2.05, 4.69) is 37.7 Å². The van der Waals surface area contributed by atoms with Crippen molar-refractivity contribution in [1.29, 1.82) is 5.26 Å². The Kier molecular flexibility index (Phi) is 6.31. The van der Waals surface area contributed by atoms with Gasteiger partial charge in [-0.3, -0.25) is 9.69 Å². The van der Waals surface area contributed by atoms with E-state index >= 15 is 0 Å². The van der Waals surface area contributed by atoms with Crippen molar-refractivity contribution in [1.82, 2.24) is 19.7 Å². The van der Waals surface area contributed by atoms with Gasteiger partial charge < -0.3 is 14.7 Å². The monoisotopic (exact) mass is 396 g/mol. The Labute approximate surface area is 173 Å². The molecular formula is C22H32N6O. The zero-order valence-electron chi connectivity index (χ0n) is 17.5. The van der Waals surface area contributed by atoms with Gasteiger partial charge in [0.15, 0.2) is 0 Å². The molecule has 1 amide bonds. The normalized spacial score (nSPS) is 25.0. The number of rotatable bonds is 3. The van der Waals surface area contributed by atoms with Crippen molar-refractivity contribution in [2.75, 3.05) is 64.3 Å². The summed E-state index contributed by atoms with van der Waals surface area (Å²) in [7, 11) is 2.13. The first kappa shape index (κ1) is 20.1. The smallest absolute Gasteiger partial charge is 0.227 e. The Morgan fingerprint density at radius 2 is 1.86 bits per heavy atom. The number of pyridine rings is 1. The number of carbonyl (C=O) groups excluding carboxylic acids is 1. The first-order valence-electron chi connectivity index (χ1n) is 11.0. The van der Waals surface area contributed by atoms with Crippen LogP contribution in [0.4, 0.5) is 5.82 Å². The fraction of sp³-hybridized carbons (Fsp3) is 0.682. The molecule has 1 aromatic rings. The van der Waals surface area contributed by atoms with E-state index in [9.17, 15) is 10.1 Å². The topological polar surface area (TPSA) is 66.7 Å². The van der Waals surface area contributed by atoms with Gasteiger partial charge in [0.2, 0.25) is 5.91 Å². The number of hydrogen-bond acceptors (Lipinski definition) is 6. The van der Waals surface area contributed by atoms with E-state index in [1.165, 1.54) is 0 Å². The Bertz CT molecular complexity index is 746. The van der Waals surface area contributed by atoms with Crippen LogP contribution in [-0.2, 0) is 4.79 Å². The zero-order valence-corrected chi connectivity index (χ0v) is 17.5. The van der Waals surface area contributed by atoms with Gasteiger partial charge in [0.1, 0.15) is 11.9 Å². The molecule has 7 nitrogen and oxygen atoms in total. The number of nitrogens with zero attached hydrogens (tertiary/aromatic N) is 6. The highest BCUT2D eigenvalue weighted by Crippen LogP contribution is 2.27. The molecule has 0 N–H and O–H groups in total. The van der Waals surface area contributed by atoms with Gasteiger partial charge in [0, 0.05) is 58.1 Å². The molecule has 0 bridgehead atoms. The highest BCUT2D eigenvalue weighted by Gasteiger charge is 2.34. The number of amides is 1. The van der Waals surface area contributed by atoms with Crippen LogP contribution < -0.4 is 4.90 Å². The van der Waals surface area contributed by atoms with Crippen molar-refractivity contribution in [2.24, 2.45) is 5.92 Å². The average Bonchev–Trinajstić information content (AvgIpc) is 2.79. The minimum absolute atomic E-state index is 0.158. The van der Waals surface area contributed by atoms with Gasteiger partial charge in [-0.15, -0.1) is 0 Å². The fourth-order valence-corrected chi connectivity index (χ4v) is 5.00. The lowest BCUT2D eigenvalue weighted by Crippen LogP contribution is -2.54. The third kappa shape index (κ3) is 4.54. The lowest BCUT2D eigenvalue weighted by atomic mass is 9.92. The second kappa shape index (κ2) is 9.10. The van der Waals surface area contributed by atoms with Gasteiger partial charge in [0.25, 0.3) is 0 Å². The first-order chi connectivity index (χ1) is 14.2. The van der Waals surface area contributed by atoms with E-state index in [0.717, 1.165) is 83.9 Å². The summed E-state index contributed by atoms with van der Waals surface area (Å²) in [6, 6.07) is 6.45. The number of likely N-dealkylation sites (N-methyl/N-ethyl adjacent to an activating group) is 1. The van der Waals surface area contributed by atoms with Crippen molar-refractivity contribution < 1.29 is 4.79 Å². The summed E-state index contributed by atoms with van der Waals surface area (Å²) < 4.78 is 0. The molecule has 0 aromatic carbocycles. The van der Waals surface area contributed by atoms with Gasteiger partial charge in [-0.1, -0.05) is 0 Å². The molecule has 1 aromatic heterocycles. The zero-order chi connectivity index (χ0) is 20.2. The summed E-state index contributed by atoms with van der Waals surface area (Å²) in [5.41, 5.74) is 0.654. The van der Waals surface area contributed by atoms with Crippen LogP contribution in [-0.4, -0.2) is 91.0 Å². The molecule has 7 heteroatoms. The predicted octanol–water partition coefficient (Wildman–Crippen LogP) is 1.41. The summed E-state index contributed by atoms with van der Waals surface area (Å²) in [5, 5.41) is 9.34. The van der Waals surface area contributed by atoms with E-state index in [-0.39, 0.29) is 5.92 Å². The first-order valence-corrected chi connectivity index (χ1v) is 11.0. The quantitative estimate of drug-likeness (QED) is 0.770. The van der Waals surface area contributed by atoms with E-state index < -0.39 is 0 Å². The van der Waals surface area contributed by atoms with Crippen LogP contribution in [0.5, 0.6) is 0 Å². The van der Waals surface area contributed by atoms with Crippen LogP contribution in [0, 0.1) is 17.2 Å². The van der Waals surface area contributed by atoms with Crippen LogP contribution in [0.1, 0.15) is 31.2 Å². The van der Waals surface area contributed by atoms with Crippen molar-refractivity contribution in [3.05, 3.63) is 23.9 Å². The van der Waals surface area contributed by atoms with Crippen molar-refractivity contribution in [3.63, 3.8) is 0 Å². The summed E-state index contributed by atoms with van der Waals surface area (Å²) in [6.07, 6.45) is 6.04. The maximum absolute atomic E-state index is 13.0. The molecule has 0 saturated carbocycles. The number of carbonyl (C=O) groups is 1. The van der Waals surface area contributed by atoms with E-state index in [1.807, 2.05) is 12.1 Å². The molecule has 3 saturated heterocycles. The molecule has 29 heavy (non-hydrogen) atoms. The summed E-state index contributed by atoms with van der Waals surface area (Å²) in [5.74, 6) is 1.34. The third-order valence-electron chi connectivity index (χ3n) is 6.80. The Morgan fingerprint density at radius 3 is 2.59 bits per heavy atom. The Balaban J connectivity index is 1.32. The Hall–Kier alpha value is -2.17. The molecule has 0 radical (unpaired) electrons. The van der Waals surface area contributed by atoms with Gasteiger partial charge in [-0.25, -0.2) is 4.98 Å². The van der Waals surface area contributed by atoms with Crippen molar-refractivity contribution in [3.8, 4) is 6.07 Å². The number of aromatic nitrogens is 1. The van der Waals surface area contributed by atoms with Crippen molar-refractivity contribution in [2.45, 2.75) is 31.7 Å². The number of hydrogen-bond donors (Lipinski definition) is 0.